The first kappa shape index (κ1) is 14.6. The first-order valence-electron chi connectivity index (χ1n) is 5.97. The molecule has 2 atom stereocenters. The Bertz CT molecular complexity index is 404. The van der Waals surface area contributed by atoms with Gasteiger partial charge in [-0.3, -0.25) is 5.26 Å². The van der Waals surface area contributed by atoms with Gasteiger partial charge in [-0.25, -0.2) is 9.68 Å². The maximum atomic E-state index is 11.3. The normalized spacial score (nSPS) is 16.0. The minimum Gasteiger partial charge on any atom is -0.476 e. The van der Waals surface area contributed by atoms with Gasteiger partial charge in [0.2, 0.25) is 0 Å². The van der Waals surface area contributed by atoms with Crippen molar-refractivity contribution < 1.29 is 24.6 Å². The van der Waals surface area contributed by atoms with Gasteiger partial charge in [0, 0.05) is 19.1 Å². The van der Waals surface area contributed by atoms with Crippen molar-refractivity contribution in [2.24, 2.45) is 0 Å². The molecule has 1 rings (SSSR count). The third-order valence-corrected chi connectivity index (χ3v) is 3.41. The highest BCUT2D eigenvalue weighted by Gasteiger charge is 2.44. The molecule has 0 aliphatic carbocycles. The predicted octanol–water partition coefficient (Wildman–Crippen LogP) is 1.78. The maximum absolute atomic E-state index is 11.3. The van der Waals surface area contributed by atoms with E-state index in [1.54, 1.807) is 12.4 Å². The third-order valence-electron chi connectivity index (χ3n) is 3.41. The molecular formula is C13H20NO4+. The lowest BCUT2D eigenvalue weighted by molar-refractivity contribution is -0.752. The topological polar surface area (TPSA) is 70.6 Å². The van der Waals surface area contributed by atoms with Crippen molar-refractivity contribution in [3.05, 3.63) is 30.1 Å². The minimum atomic E-state index is -1.32. The van der Waals surface area contributed by atoms with E-state index in [9.17, 15) is 9.90 Å². The summed E-state index contributed by atoms with van der Waals surface area (Å²) in [7, 11) is 0. The molecule has 0 saturated heterocycles. The van der Waals surface area contributed by atoms with Crippen LogP contribution in [0.15, 0.2) is 24.5 Å². The fourth-order valence-corrected chi connectivity index (χ4v) is 1.70. The number of aromatic nitrogens is 1. The Morgan fingerprint density at radius 3 is 2.44 bits per heavy atom. The Balaban J connectivity index is 3.05. The van der Waals surface area contributed by atoms with Gasteiger partial charge in [0.1, 0.15) is 0 Å². The summed E-state index contributed by atoms with van der Waals surface area (Å²) in [5.74, 6) is -0.623. The molecule has 0 aliphatic heterocycles. The molecular weight excluding hydrogens is 234 g/mol. The van der Waals surface area contributed by atoms with E-state index in [4.69, 9.17) is 5.26 Å². The SMILES string of the molecule is CCC(C)c1cc[n+](C(C)(COO)C(=O)O)cc1. The fraction of sp³-hybridized carbons (Fsp3) is 0.538. The molecule has 1 aromatic rings. The van der Waals surface area contributed by atoms with Gasteiger partial charge in [-0.15, -0.1) is 0 Å². The van der Waals surface area contributed by atoms with Crippen LogP contribution >= 0.6 is 0 Å². The summed E-state index contributed by atoms with van der Waals surface area (Å²) >= 11 is 0. The highest BCUT2D eigenvalue weighted by atomic mass is 17.1. The van der Waals surface area contributed by atoms with Crippen LogP contribution in [-0.2, 0) is 15.2 Å². The van der Waals surface area contributed by atoms with Gasteiger partial charge >= 0.3 is 5.97 Å². The molecule has 1 aromatic heterocycles. The van der Waals surface area contributed by atoms with Crippen LogP contribution in [0.1, 0.15) is 38.7 Å². The standard InChI is InChI=1S/C13H19NO4/c1-4-10(2)11-5-7-14(8-6-11)13(3,9-18-17)12(15)16/h5-8,10H,4,9H2,1-3H3,(H-,15,16,17)/p+1. The summed E-state index contributed by atoms with van der Waals surface area (Å²) in [4.78, 5) is 15.3. The lowest BCUT2D eigenvalue weighted by Gasteiger charge is -2.18. The van der Waals surface area contributed by atoms with Gasteiger partial charge in [0.15, 0.2) is 19.0 Å². The molecule has 0 saturated carbocycles. The molecule has 2 N–H and O–H groups in total. The van der Waals surface area contributed by atoms with Gasteiger partial charge in [0.05, 0.1) is 0 Å². The van der Waals surface area contributed by atoms with Crippen molar-refractivity contribution in [2.45, 2.75) is 38.6 Å². The van der Waals surface area contributed by atoms with E-state index in [1.165, 1.54) is 11.5 Å². The van der Waals surface area contributed by atoms with E-state index in [1.807, 2.05) is 12.1 Å². The minimum absolute atomic E-state index is 0.310. The Labute approximate surface area is 107 Å². The molecule has 0 spiro atoms. The lowest BCUT2D eigenvalue weighted by Crippen LogP contribution is -2.61. The summed E-state index contributed by atoms with van der Waals surface area (Å²) in [6.45, 7) is 5.41. The molecule has 0 bridgehead atoms. The van der Waals surface area contributed by atoms with Gasteiger partial charge in [-0.1, -0.05) is 13.8 Å². The Morgan fingerprint density at radius 1 is 1.50 bits per heavy atom. The van der Waals surface area contributed by atoms with Gasteiger partial charge in [-0.05, 0) is 17.9 Å². The number of rotatable bonds is 6. The highest BCUT2D eigenvalue weighted by Crippen LogP contribution is 2.17. The van der Waals surface area contributed by atoms with Crippen molar-refractivity contribution in [3.8, 4) is 0 Å². The van der Waals surface area contributed by atoms with Crippen LogP contribution in [0.4, 0.5) is 0 Å². The molecule has 2 unspecified atom stereocenters. The van der Waals surface area contributed by atoms with Gasteiger partial charge in [0.25, 0.3) is 5.54 Å². The van der Waals surface area contributed by atoms with Crippen LogP contribution < -0.4 is 4.57 Å². The van der Waals surface area contributed by atoms with Crippen LogP contribution in [0.25, 0.3) is 0 Å². The number of pyridine rings is 1. The molecule has 5 nitrogen and oxygen atoms in total. The van der Waals surface area contributed by atoms with E-state index in [0.29, 0.717) is 5.92 Å². The summed E-state index contributed by atoms with van der Waals surface area (Å²) in [5, 5.41) is 17.7. The predicted molar refractivity (Wildman–Crippen MR) is 65.2 cm³/mol. The molecule has 0 amide bonds. The zero-order chi connectivity index (χ0) is 13.8. The van der Waals surface area contributed by atoms with Crippen molar-refractivity contribution in [1.29, 1.82) is 0 Å². The number of carboxylic acid groups (broad SMARTS) is 1. The largest absolute Gasteiger partial charge is 0.476 e. The van der Waals surface area contributed by atoms with E-state index >= 15 is 0 Å². The van der Waals surface area contributed by atoms with Crippen LogP contribution in [0, 0.1) is 0 Å². The summed E-state index contributed by atoms with van der Waals surface area (Å²) in [6, 6.07) is 3.79. The number of carboxylic acids is 1. The van der Waals surface area contributed by atoms with E-state index < -0.39 is 11.5 Å². The first-order valence-corrected chi connectivity index (χ1v) is 5.97. The molecule has 100 valence electrons. The van der Waals surface area contributed by atoms with E-state index in [0.717, 1.165) is 12.0 Å². The number of nitrogens with zero attached hydrogens (tertiary/aromatic N) is 1. The van der Waals surface area contributed by atoms with Crippen LogP contribution in [0.2, 0.25) is 0 Å². The monoisotopic (exact) mass is 254 g/mol. The fourth-order valence-electron chi connectivity index (χ4n) is 1.70. The molecule has 18 heavy (non-hydrogen) atoms. The lowest BCUT2D eigenvalue weighted by atomic mass is 9.99. The van der Waals surface area contributed by atoms with Crippen molar-refractivity contribution in [2.75, 3.05) is 6.61 Å². The highest BCUT2D eigenvalue weighted by molar-refractivity contribution is 5.74. The quantitative estimate of drug-likeness (QED) is 0.461. The van der Waals surface area contributed by atoms with Gasteiger partial charge in [-0.2, -0.15) is 4.57 Å². The average Bonchev–Trinajstić information content (AvgIpc) is 2.38. The zero-order valence-electron chi connectivity index (χ0n) is 11.0. The molecule has 0 radical (unpaired) electrons. The molecule has 5 heteroatoms. The average molecular weight is 254 g/mol. The number of aliphatic carboxylic acids is 1. The summed E-state index contributed by atoms with van der Waals surface area (Å²) in [5.41, 5.74) is -0.158. The van der Waals surface area contributed by atoms with Crippen molar-refractivity contribution >= 4 is 5.97 Å². The van der Waals surface area contributed by atoms with E-state index in [-0.39, 0.29) is 6.61 Å². The molecule has 0 aromatic carbocycles. The zero-order valence-corrected chi connectivity index (χ0v) is 11.0. The van der Waals surface area contributed by atoms with Crippen molar-refractivity contribution in [1.82, 2.24) is 0 Å². The summed E-state index contributed by atoms with van der Waals surface area (Å²) < 4.78 is 1.53. The smallest absolute Gasteiger partial charge is 0.379 e. The first-order chi connectivity index (χ1) is 8.45. The Kier molecular flexibility index (Phi) is 4.81. The Hall–Kier alpha value is -1.46. The third kappa shape index (κ3) is 2.86. The van der Waals surface area contributed by atoms with Crippen LogP contribution in [-0.4, -0.2) is 22.9 Å². The van der Waals surface area contributed by atoms with Gasteiger partial charge < -0.3 is 5.11 Å². The van der Waals surface area contributed by atoms with E-state index in [2.05, 4.69) is 18.7 Å². The Morgan fingerprint density at radius 2 is 2.06 bits per heavy atom. The second-order valence-corrected chi connectivity index (χ2v) is 4.70. The number of hydrogen-bond acceptors (Lipinski definition) is 3. The summed E-state index contributed by atoms with van der Waals surface area (Å²) in [6.07, 6.45) is 4.43. The number of carbonyl (C=O) groups is 1. The molecule has 1 heterocycles. The number of hydrogen-bond donors (Lipinski definition) is 2. The van der Waals surface area contributed by atoms with Crippen LogP contribution in [0.3, 0.4) is 0 Å². The van der Waals surface area contributed by atoms with Crippen molar-refractivity contribution in [3.63, 3.8) is 0 Å². The maximum Gasteiger partial charge on any atom is 0.379 e. The van der Waals surface area contributed by atoms with Crippen LogP contribution in [0.5, 0.6) is 0 Å². The second kappa shape index (κ2) is 5.93. The molecule has 0 fully saturated rings. The molecule has 0 aliphatic rings. The second-order valence-electron chi connectivity index (χ2n) is 4.70.